The fourth-order valence-corrected chi connectivity index (χ4v) is 3.56. The van der Waals surface area contributed by atoms with Gasteiger partial charge in [0.1, 0.15) is 12.1 Å². The van der Waals surface area contributed by atoms with E-state index >= 15 is 0 Å². The van der Waals surface area contributed by atoms with Crippen molar-refractivity contribution < 1.29 is 34.5 Å². The lowest BCUT2D eigenvalue weighted by Crippen LogP contribution is -2.53. The molecule has 0 aromatic carbocycles. The van der Waals surface area contributed by atoms with E-state index in [2.05, 4.69) is 17.6 Å². The SMILES string of the molecule is CCCCCCCCCCCCCCCC(=O)N[C@@H](CO)C(=O)N[C@H](CCC(=O)O)C(=O)O. The number of rotatable bonds is 22. The number of carbonyl (C=O) groups excluding carboxylic acids is 2. The number of nitrogens with one attached hydrogen (secondary N) is 2. The standard InChI is InChI=1S/C24H44N2O7/c1-2-3-4-5-6-7-8-9-10-11-12-13-14-15-21(28)25-20(18-27)23(31)26-19(24(32)33)16-17-22(29)30/h19-20,27H,2-18H2,1H3,(H,25,28)(H,26,31)(H,29,30)(H,32,33)/t19-,20+/m1/s1. The van der Waals surface area contributed by atoms with Crippen molar-refractivity contribution in [1.29, 1.82) is 0 Å². The van der Waals surface area contributed by atoms with Gasteiger partial charge in [0.05, 0.1) is 6.61 Å². The zero-order chi connectivity index (χ0) is 24.9. The summed E-state index contributed by atoms with van der Waals surface area (Å²) >= 11 is 0. The Hall–Kier alpha value is -2.16. The van der Waals surface area contributed by atoms with Crippen molar-refractivity contribution in [3.63, 3.8) is 0 Å². The van der Waals surface area contributed by atoms with Gasteiger partial charge in [-0.25, -0.2) is 4.79 Å². The van der Waals surface area contributed by atoms with Crippen molar-refractivity contribution in [3.8, 4) is 0 Å². The van der Waals surface area contributed by atoms with Gasteiger partial charge in [0.15, 0.2) is 0 Å². The van der Waals surface area contributed by atoms with Gasteiger partial charge in [0, 0.05) is 12.8 Å². The van der Waals surface area contributed by atoms with Gasteiger partial charge < -0.3 is 26.0 Å². The number of aliphatic hydroxyl groups is 1. The molecule has 2 amide bonds. The molecule has 0 unspecified atom stereocenters. The third-order valence-corrected chi connectivity index (χ3v) is 5.60. The van der Waals surface area contributed by atoms with Crippen LogP contribution in [0.1, 0.15) is 110 Å². The molecule has 9 nitrogen and oxygen atoms in total. The molecule has 0 aliphatic rings. The molecule has 0 spiro atoms. The van der Waals surface area contributed by atoms with Crippen molar-refractivity contribution in [2.75, 3.05) is 6.61 Å². The first-order valence-corrected chi connectivity index (χ1v) is 12.5. The van der Waals surface area contributed by atoms with Crippen LogP contribution < -0.4 is 10.6 Å². The van der Waals surface area contributed by atoms with E-state index in [0.29, 0.717) is 6.42 Å². The van der Waals surface area contributed by atoms with Gasteiger partial charge in [0.25, 0.3) is 0 Å². The monoisotopic (exact) mass is 472 g/mol. The van der Waals surface area contributed by atoms with Crippen LogP contribution in [0.25, 0.3) is 0 Å². The van der Waals surface area contributed by atoms with E-state index in [9.17, 15) is 24.3 Å². The lowest BCUT2D eigenvalue weighted by molar-refractivity contribution is -0.143. The molecule has 0 bridgehead atoms. The first kappa shape index (κ1) is 30.8. The second kappa shape index (κ2) is 20.4. The molecule has 0 heterocycles. The Bertz CT molecular complexity index is 569. The molecule has 0 aromatic rings. The fourth-order valence-electron chi connectivity index (χ4n) is 3.56. The summed E-state index contributed by atoms with van der Waals surface area (Å²) in [6.45, 7) is 1.55. The lowest BCUT2D eigenvalue weighted by Gasteiger charge is -2.19. The second-order valence-electron chi connectivity index (χ2n) is 8.63. The third kappa shape index (κ3) is 18.0. The zero-order valence-corrected chi connectivity index (χ0v) is 20.2. The van der Waals surface area contributed by atoms with E-state index < -0.39 is 43.0 Å². The van der Waals surface area contributed by atoms with Crippen molar-refractivity contribution in [1.82, 2.24) is 10.6 Å². The van der Waals surface area contributed by atoms with Crippen LogP contribution in [0.15, 0.2) is 0 Å². The van der Waals surface area contributed by atoms with Crippen LogP contribution in [0.3, 0.4) is 0 Å². The summed E-state index contributed by atoms with van der Waals surface area (Å²) in [6.07, 6.45) is 15.0. The number of aliphatic hydroxyl groups excluding tert-OH is 1. The first-order valence-electron chi connectivity index (χ1n) is 12.5. The maximum Gasteiger partial charge on any atom is 0.326 e. The van der Waals surface area contributed by atoms with Crippen molar-refractivity contribution in [2.24, 2.45) is 0 Å². The van der Waals surface area contributed by atoms with Gasteiger partial charge in [-0.1, -0.05) is 84.0 Å². The molecule has 5 N–H and O–H groups in total. The van der Waals surface area contributed by atoms with Crippen molar-refractivity contribution in [2.45, 2.75) is 122 Å². The minimum Gasteiger partial charge on any atom is -0.481 e. The van der Waals surface area contributed by atoms with Crippen LogP contribution in [0.4, 0.5) is 0 Å². The quantitative estimate of drug-likeness (QED) is 0.151. The molecule has 9 heteroatoms. The molecule has 0 aliphatic carbocycles. The number of carboxylic acids is 2. The van der Waals surface area contributed by atoms with Crippen LogP contribution in [0.5, 0.6) is 0 Å². The highest BCUT2D eigenvalue weighted by Crippen LogP contribution is 2.13. The second-order valence-corrected chi connectivity index (χ2v) is 8.63. The summed E-state index contributed by atoms with van der Waals surface area (Å²) in [5.74, 6) is -3.79. The van der Waals surface area contributed by atoms with E-state index in [1.807, 2.05) is 0 Å². The Labute approximate surface area is 197 Å². The number of aliphatic carboxylic acids is 2. The molecule has 0 aliphatic heterocycles. The number of hydrogen-bond acceptors (Lipinski definition) is 5. The Kier molecular flexibility index (Phi) is 19.1. The van der Waals surface area contributed by atoms with Crippen LogP contribution in [-0.4, -0.2) is 57.8 Å². The minimum absolute atomic E-state index is 0.225. The van der Waals surface area contributed by atoms with Crippen LogP contribution in [0.2, 0.25) is 0 Å². The van der Waals surface area contributed by atoms with E-state index in [1.54, 1.807) is 0 Å². The lowest BCUT2D eigenvalue weighted by atomic mass is 10.0. The summed E-state index contributed by atoms with van der Waals surface area (Å²) in [4.78, 5) is 46.0. The molecule has 2 atom stereocenters. The highest BCUT2D eigenvalue weighted by molar-refractivity contribution is 5.90. The molecule has 0 aromatic heterocycles. The zero-order valence-electron chi connectivity index (χ0n) is 20.2. The average Bonchev–Trinajstić information content (AvgIpc) is 2.77. The Morgan fingerprint density at radius 1 is 0.667 bits per heavy atom. The number of carboxylic acid groups (broad SMARTS) is 2. The Morgan fingerprint density at radius 3 is 1.58 bits per heavy atom. The maximum absolute atomic E-state index is 12.2. The minimum atomic E-state index is -1.40. The smallest absolute Gasteiger partial charge is 0.326 e. The van der Waals surface area contributed by atoms with Gasteiger partial charge in [0.2, 0.25) is 11.8 Å². The van der Waals surface area contributed by atoms with E-state index in [-0.39, 0.29) is 18.7 Å². The largest absolute Gasteiger partial charge is 0.481 e. The number of carbonyl (C=O) groups is 4. The van der Waals surface area contributed by atoms with Gasteiger partial charge in [-0.15, -0.1) is 0 Å². The van der Waals surface area contributed by atoms with Crippen molar-refractivity contribution in [3.05, 3.63) is 0 Å². The maximum atomic E-state index is 12.2. The van der Waals surface area contributed by atoms with E-state index in [4.69, 9.17) is 10.2 Å². The third-order valence-electron chi connectivity index (χ3n) is 5.60. The first-order chi connectivity index (χ1) is 15.8. The summed E-state index contributed by atoms with van der Waals surface area (Å²) in [6, 6.07) is -2.67. The molecular formula is C24H44N2O7. The molecule has 0 saturated heterocycles. The van der Waals surface area contributed by atoms with Crippen LogP contribution >= 0.6 is 0 Å². The predicted octanol–water partition coefficient (Wildman–Crippen LogP) is 3.38. The van der Waals surface area contributed by atoms with Gasteiger partial charge in [-0.3, -0.25) is 14.4 Å². The normalized spacial score (nSPS) is 12.7. The number of amides is 2. The van der Waals surface area contributed by atoms with E-state index in [1.165, 1.54) is 57.8 Å². The highest BCUT2D eigenvalue weighted by atomic mass is 16.4. The van der Waals surface area contributed by atoms with Gasteiger partial charge in [-0.2, -0.15) is 0 Å². The van der Waals surface area contributed by atoms with Gasteiger partial charge >= 0.3 is 11.9 Å². The summed E-state index contributed by atoms with van der Waals surface area (Å²) < 4.78 is 0. The fraction of sp³-hybridized carbons (Fsp3) is 0.833. The Balaban J connectivity index is 3.93. The topological polar surface area (TPSA) is 153 Å². The van der Waals surface area contributed by atoms with Crippen LogP contribution in [0, 0.1) is 0 Å². The molecule has 0 saturated carbocycles. The summed E-state index contributed by atoms with van der Waals surface area (Å²) in [7, 11) is 0. The summed E-state index contributed by atoms with van der Waals surface area (Å²) in [5.41, 5.74) is 0. The molecule has 0 rings (SSSR count). The summed E-state index contributed by atoms with van der Waals surface area (Å²) in [5, 5.41) is 31.7. The Morgan fingerprint density at radius 2 is 1.15 bits per heavy atom. The van der Waals surface area contributed by atoms with Gasteiger partial charge in [-0.05, 0) is 12.8 Å². The van der Waals surface area contributed by atoms with E-state index in [0.717, 1.165) is 19.3 Å². The number of hydrogen-bond donors (Lipinski definition) is 5. The molecule has 192 valence electrons. The predicted molar refractivity (Wildman–Crippen MR) is 126 cm³/mol. The van der Waals surface area contributed by atoms with Crippen LogP contribution in [-0.2, 0) is 19.2 Å². The molecule has 0 fully saturated rings. The molecule has 0 radical (unpaired) electrons. The molecule has 33 heavy (non-hydrogen) atoms. The number of unbranched alkanes of at least 4 members (excludes halogenated alkanes) is 12. The molecular weight excluding hydrogens is 428 g/mol. The highest BCUT2D eigenvalue weighted by Gasteiger charge is 2.26. The average molecular weight is 473 g/mol. The van der Waals surface area contributed by atoms with Crippen molar-refractivity contribution >= 4 is 23.8 Å².